The van der Waals surface area contributed by atoms with Crippen molar-refractivity contribution in [3.05, 3.63) is 105 Å². The van der Waals surface area contributed by atoms with Crippen molar-refractivity contribution in [3.63, 3.8) is 0 Å². The molecular weight excluding hydrogens is 597 g/mol. The molecule has 5 aromatic rings. The number of hydrogen-bond donors (Lipinski definition) is 3. The molecule has 2 saturated heterocycles. The fraction of sp³-hybridized carbons (Fsp3) is 0.333. The number of aromatic nitrogens is 4. The Balaban J connectivity index is 1.23. The number of halogens is 1. The molecule has 0 saturated carbocycles. The maximum absolute atomic E-state index is 15.4. The molecule has 2 fully saturated rings. The second kappa shape index (κ2) is 11.7. The van der Waals surface area contributed by atoms with Crippen molar-refractivity contribution in [3.8, 4) is 16.8 Å². The van der Waals surface area contributed by atoms with Gasteiger partial charge in [0.05, 0.1) is 35.8 Å². The van der Waals surface area contributed by atoms with Crippen LogP contribution in [0.15, 0.2) is 76.7 Å². The highest BCUT2D eigenvalue weighted by molar-refractivity contribution is 5.83. The zero-order chi connectivity index (χ0) is 33.0. The molecule has 11 heteroatoms. The van der Waals surface area contributed by atoms with Gasteiger partial charge in [0.15, 0.2) is 0 Å². The van der Waals surface area contributed by atoms with E-state index in [9.17, 15) is 14.7 Å². The second-order valence-electron chi connectivity index (χ2n) is 13.6. The third-order valence-corrected chi connectivity index (χ3v) is 9.33. The number of pyridine rings is 2. The van der Waals surface area contributed by atoms with E-state index in [4.69, 9.17) is 0 Å². The van der Waals surface area contributed by atoms with Gasteiger partial charge in [-0.2, -0.15) is 9.78 Å². The maximum atomic E-state index is 15.4. The average Bonchev–Trinajstić information content (AvgIpc) is 3.39. The third kappa shape index (κ3) is 5.70. The Morgan fingerprint density at radius 2 is 1.79 bits per heavy atom. The van der Waals surface area contributed by atoms with Crippen molar-refractivity contribution < 1.29 is 9.50 Å². The van der Waals surface area contributed by atoms with E-state index in [1.165, 1.54) is 29.7 Å². The molecule has 242 valence electrons. The molecule has 47 heavy (non-hydrogen) atoms. The Morgan fingerprint density at radius 1 is 1.02 bits per heavy atom. The van der Waals surface area contributed by atoms with Crippen LogP contribution in [0.5, 0.6) is 0 Å². The van der Waals surface area contributed by atoms with Gasteiger partial charge in [0.1, 0.15) is 17.3 Å². The van der Waals surface area contributed by atoms with Crippen molar-refractivity contribution >= 4 is 28.0 Å². The predicted octanol–water partition coefficient (Wildman–Crippen LogP) is 4.76. The largest absolute Gasteiger partial charge is 0.392 e. The van der Waals surface area contributed by atoms with Crippen LogP contribution in [0.2, 0.25) is 0 Å². The minimum Gasteiger partial charge on any atom is -0.392 e. The highest BCUT2D eigenvalue weighted by Crippen LogP contribution is 2.31. The molecule has 3 aromatic heterocycles. The lowest BCUT2D eigenvalue weighted by Crippen LogP contribution is -2.51. The van der Waals surface area contributed by atoms with E-state index < -0.39 is 18.0 Å². The maximum Gasteiger partial charge on any atom is 0.282 e. The molecule has 0 aliphatic carbocycles. The number of aliphatic hydroxyl groups excluding tert-OH is 1. The number of aryl methyl sites for hydroxylation is 1. The van der Waals surface area contributed by atoms with Crippen LogP contribution in [0.1, 0.15) is 44.7 Å². The lowest BCUT2D eigenvalue weighted by molar-refractivity contribution is 0.282. The molecule has 3 N–H and O–H groups in total. The van der Waals surface area contributed by atoms with Crippen LogP contribution >= 0.6 is 0 Å². The van der Waals surface area contributed by atoms with E-state index in [-0.39, 0.29) is 16.4 Å². The van der Waals surface area contributed by atoms with Gasteiger partial charge in [-0.1, -0.05) is 32.9 Å². The van der Waals surface area contributed by atoms with Crippen LogP contribution in [0, 0.1) is 5.82 Å². The first-order valence-corrected chi connectivity index (χ1v) is 15.9. The Hall–Kier alpha value is -4.87. The van der Waals surface area contributed by atoms with Crippen molar-refractivity contribution in [2.75, 3.05) is 23.3 Å². The lowest BCUT2D eigenvalue weighted by atomic mass is 9.86. The monoisotopic (exact) mass is 635 g/mol. The topological polar surface area (TPSA) is 117 Å². The predicted molar refractivity (Wildman–Crippen MR) is 182 cm³/mol. The molecule has 0 amide bonds. The van der Waals surface area contributed by atoms with Crippen LogP contribution in [0.4, 0.5) is 21.6 Å². The van der Waals surface area contributed by atoms with Crippen LogP contribution in [-0.2, 0) is 19.1 Å². The standard InChI is InChI=1S/C36H38FN7O3/c1-36(2,3)23-12-21-15-39-44(35(47)33(21)29(37)14-23)31-7-5-6-27(28(31)20-45)22-13-30(34(46)42(4)17-22)41-32-11-10-26(16-38-32)43-18-24-8-9-25(19-43)40-24/h5-7,10-17,24-25,40,45H,8-9,18-20H2,1-4H3,(H,38,41)/t24-,25-/m1/s1. The Bertz CT molecular complexity index is 2110. The van der Waals surface area contributed by atoms with Gasteiger partial charge in [-0.15, -0.1) is 0 Å². The van der Waals surface area contributed by atoms with Crippen molar-refractivity contribution in [2.24, 2.45) is 7.05 Å². The summed E-state index contributed by atoms with van der Waals surface area (Å²) in [6.45, 7) is 7.41. The summed E-state index contributed by atoms with van der Waals surface area (Å²) in [6.07, 6.45) is 7.37. The third-order valence-electron chi connectivity index (χ3n) is 9.33. The lowest BCUT2D eigenvalue weighted by Gasteiger charge is -2.34. The van der Waals surface area contributed by atoms with Gasteiger partial charge in [-0.05, 0) is 65.8 Å². The number of hydrogen-bond acceptors (Lipinski definition) is 8. The summed E-state index contributed by atoms with van der Waals surface area (Å²) in [5, 5.41) is 22.1. The molecule has 2 bridgehead atoms. The van der Waals surface area contributed by atoms with Crippen LogP contribution in [-0.4, -0.2) is 49.6 Å². The number of nitrogens with one attached hydrogen (secondary N) is 2. The first-order chi connectivity index (χ1) is 22.5. The summed E-state index contributed by atoms with van der Waals surface area (Å²) in [5.41, 5.74) is 2.87. The molecule has 7 rings (SSSR count). The SMILES string of the molecule is Cn1cc(-c2cccc(-n3ncc4cc(C(C)(C)C)cc(F)c4c3=O)c2CO)cc(Nc2ccc(N3C[C@H]4CC[C@H](C3)N4)cn2)c1=O. The van der Waals surface area contributed by atoms with Crippen molar-refractivity contribution in [2.45, 2.75) is 57.7 Å². The van der Waals surface area contributed by atoms with Gasteiger partial charge in [0.25, 0.3) is 11.1 Å². The molecule has 2 aromatic carbocycles. The van der Waals surface area contributed by atoms with E-state index in [2.05, 4.69) is 25.6 Å². The number of benzene rings is 2. The van der Waals surface area contributed by atoms with Gasteiger partial charge in [-0.25, -0.2) is 9.37 Å². The van der Waals surface area contributed by atoms with Crippen LogP contribution in [0.3, 0.4) is 0 Å². The van der Waals surface area contributed by atoms with Gasteiger partial charge in [-0.3, -0.25) is 9.59 Å². The van der Waals surface area contributed by atoms with E-state index in [0.717, 1.165) is 29.0 Å². The Morgan fingerprint density at radius 3 is 2.47 bits per heavy atom. The number of piperazine rings is 1. The number of aliphatic hydroxyl groups is 1. The van der Waals surface area contributed by atoms with Crippen LogP contribution < -0.4 is 26.7 Å². The molecule has 2 atom stereocenters. The minimum absolute atomic E-state index is 0.0706. The molecule has 5 heterocycles. The van der Waals surface area contributed by atoms with Crippen LogP contribution in [0.25, 0.3) is 27.6 Å². The fourth-order valence-corrected chi connectivity index (χ4v) is 6.79. The molecule has 2 aliphatic heterocycles. The molecule has 0 radical (unpaired) electrons. The summed E-state index contributed by atoms with van der Waals surface area (Å²) in [6, 6.07) is 15.0. The Labute approximate surface area is 271 Å². The van der Waals surface area contributed by atoms with Crippen molar-refractivity contribution in [1.82, 2.24) is 24.6 Å². The van der Waals surface area contributed by atoms with E-state index in [1.807, 2.05) is 39.1 Å². The zero-order valence-corrected chi connectivity index (χ0v) is 26.9. The van der Waals surface area contributed by atoms with Gasteiger partial charge in [0, 0.05) is 54.9 Å². The number of fused-ring (bicyclic) bond motifs is 3. The normalized spacial score (nSPS) is 17.8. The molecule has 10 nitrogen and oxygen atoms in total. The summed E-state index contributed by atoms with van der Waals surface area (Å²) >= 11 is 0. The van der Waals surface area contributed by atoms with Gasteiger partial charge in [0.2, 0.25) is 0 Å². The van der Waals surface area contributed by atoms with E-state index in [0.29, 0.717) is 51.4 Å². The number of anilines is 3. The summed E-state index contributed by atoms with van der Waals surface area (Å²) in [4.78, 5) is 33.8. The first kappa shape index (κ1) is 30.8. The molecule has 2 aliphatic rings. The minimum atomic E-state index is -0.627. The highest BCUT2D eigenvalue weighted by atomic mass is 19.1. The fourth-order valence-electron chi connectivity index (χ4n) is 6.79. The van der Waals surface area contributed by atoms with Gasteiger partial charge >= 0.3 is 0 Å². The van der Waals surface area contributed by atoms with Crippen molar-refractivity contribution in [1.29, 1.82) is 0 Å². The zero-order valence-electron chi connectivity index (χ0n) is 26.9. The highest BCUT2D eigenvalue weighted by Gasteiger charge is 2.32. The first-order valence-electron chi connectivity index (χ1n) is 15.9. The second-order valence-corrected chi connectivity index (χ2v) is 13.6. The molecule has 0 spiro atoms. The molecular formula is C36H38FN7O3. The quantitative estimate of drug-likeness (QED) is 0.245. The summed E-state index contributed by atoms with van der Waals surface area (Å²) in [5.74, 6) is -0.0912. The van der Waals surface area contributed by atoms with E-state index in [1.54, 1.807) is 43.6 Å². The van der Waals surface area contributed by atoms with Gasteiger partial charge < -0.3 is 25.2 Å². The van der Waals surface area contributed by atoms with E-state index >= 15 is 4.39 Å². The Kier molecular flexibility index (Phi) is 7.68. The molecule has 0 unspecified atom stereocenters. The average molecular weight is 636 g/mol. The number of nitrogens with zero attached hydrogens (tertiary/aromatic N) is 5. The smallest absolute Gasteiger partial charge is 0.282 e. The number of rotatable bonds is 6. The summed E-state index contributed by atoms with van der Waals surface area (Å²) < 4.78 is 18.0. The summed E-state index contributed by atoms with van der Waals surface area (Å²) in [7, 11) is 1.65.